The highest BCUT2D eigenvalue weighted by Gasteiger charge is 2.15. The molecule has 5 nitrogen and oxygen atoms in total. The molecule has 78 valence electrons. The number of aromatic nitrogens is 3. The van der Waals surface area contributed by atoms with Crippen LogP contribution in [0.5, 0.6) is 0 Å². The van der Waals surface area contributed by atoms with E-state index in [2.05, 4.69) is 14.8 Å². The van der Waals surface area contributed by atoms with Crippen LogP contribution in [0.2, 0.25) is 0 Å². The second-order valence-electron chi connectivity index (χ2n) is 3.30. The molecule has 15 heavy (non-hydrogen) atoms. The first-order valence-electron chi connectivity index (χ1n) is 4.51. The van der Waals surface area contributed by atoms with Crippen molar-refractivity contribution in [2.75, 3.05) is 7.11 Å². The number of esters is 1. The van der Waals surface area contributed by atoms with Gasteiger partial charge in [-0.3, -0.25) is 4.68 Å². The van der Waals surface area contributed by atoms with Crippen LogP contribution in [0, 0.1) is 6.92 Å². The van der Waals surface area contributed by atoms with Crippen molar-refractivity contribution in [1.82, 2.24) is 14.8 Å². The first-order chi connectivity index (χ1) is 7.13. The molecule has 0 spiro atoms. The maximum absolute atomic E-state index is 11.5. The van der Waals surface area contributed by atoms with Crippen molar-refractivity contribution in [2.45, 2.75) is 6.92 Å². The Balaban J connectivity index is 2.78. The van der Waals surface area contributed by atoms with Gasteiger partial charge in [0.25, 0.3) is 0 Å². The molecule has 2 rings (SSSR count). The Labute approximate surface area is 86.7 Å². The molecule has 0 fully saturated rings. The molecule has 0 radical (unpaired) electrons. The van der Waals surface area contributed by atoms with Crippen LogP contribution in [0.25, 0.3) is 10.9 Å². The Kier molecular flexibility index (Phi) is 2.15. The zero-order valence-electron chi connectivity index (χ0n) is 8.81. The van der Waals surface area contributed by atoms with Gasteiger partial charge in [-0.2, -0.15) is 5.10 Å². The van der Waals surface area contributed by atoms with Crippen molar-refractivity contribution < 1.29 is 9.53 Å². The lowest BCUT2D eigenvalue weighted by atomic mass is 10.2. The first kappa shape index (κ1) is 9.64. The lowest BCUT2D eigenvalue weighted by Crippen LogP contribution is -2.06. The predicted octanol–water partition coefficient (Wildman–Crippen LogP) is 1.06. The molecule has 0 N–H and O–H groups in total. The standard InChI is InChI=1S/C10H11N3O2/c1-6-4-8-7(5-11-13(8)2)9(12-6)10(14)15-3/h4-5H,1-3H3. The van der Waals surface area contributed by atoms with Crippen molar-refractivity contribution in [3.05, 3.63) is 23.7 Å². The number of carbonyl (C=O) groups excluding carboxylic acids is 1. The normalized spacial score (nSPS) is 10.6. The fourth-order valence-corrected chi connectivity index (χ4v) is 1.52. The van der Waals surface area contributed by atoms with E-state index in [0.29, 0.717) is 5.69 Å². The molecule has 0 aliphatic rings. The molecule has 2 heterocycles. The Bertz CT molecular complexity index is 531. The number of hydrogen-bond donors (Lipinski definition) is 0. The van der Waals surface area contributed by atoms with Crippen LogP contribution < -0.4 is 0 Å². The van der Waals surface area contributed by atoms with E-state index in [1.807, 2.05) is 20.0 Å². The summed E-state index contributed by atoms with van der Waals surface area (Å²) in [6.07, 6.45) is 1.62. The highest BCUT2D eigenvalue weighted by molar-refractivity contribution is 6.01. The van der Waals surface area contributed by atoms with E-state index in [-0.39, 0.29) is 0 Å². The van der Waals surface area contributed by atoms with E-state index in [9.17, 15) is 4.79 Å². The number of methoxy groups -OCH3 is 1. The quantitative estimate of drug-likeness (QED) is 0.653. The van der Waals surface area contributed by atoms with Gasteiger partial charge in [0.1, 0.15) is 0 Å². The van der Waals surface area contributed by atoms with E-state index in [1.165, 1.54) is 7.11 Å². The zero-order valence-corrected chi connectivity index (χ0v) is 8.81. The largest absolute Gasteiger partial charge is 0.464 e. The summed E-state index contributed by atoms with van der Waals surface area (Å²) >= 11 is 0. The smallest absolute Gasteiger partial charge is 0.357 e. The number of rotatable bonds is 1. The summed E-state index contributed by atoms with van der Waals surface area (Å²) in [7, 11) is 3.16. The molecule has 0 amide bonds. The van der Waals surface area contributed by atoms with E-state index < -0.39 is 5.97 Å². The molecule has 0 aliphatic carbocycles. The number of fused-ring (bicyclic) bond motifs is 1. The molecular formula is C10H11N3O2. The third-order valence-electron chi connectivity index (χ3n) is 2.25. The average Bonchev–Trinajstić information content (AvgIpc) is 2.58. The number of hydrogen-bond acceptors (Lipinski definition) is 4. The van der Waals surface area contributed by atoms with Gasteiger partial charge in [0.2, 0.25) is 0 Å². The fraction of sp³-hybridized carbons (Fsp3) is 0.300. The number of pyridine rings is 1. The maximum Gasteiger partial charge on any atom is 0.357 e. The summed E-state index contributed by atoms with van der Waals surface area (Å²) < 4.78 is 6.37. The van der Waals surface area contributed by atoms with Crippen molar-refractivity contribution >= 4 is 16.9 Å². The Morgan fingerprint density at radius 3 is 2.93 bits per heavy atom. The molecule has 0 atom stereocenters. The van der Waals surface area contributed by atoms with Gasteiger partial charge in [0, 0.05) is 12.7 Å². The third kappa shape index (κ3) is 1.45. The van der Waals surface area contributed by atoms with Gasteiger partial charge in [0.05, 0.1) is 24.2 Å². The summed E-state index contributed by atoms with van der Waals surface area (Å²) in [5.74, 6) is -0.434. The molecule has 0 saturated carbocycles. The number of aryl methyl sites for hydroxylation is 2. The highest BCUT2D eigenvalue weighted by Crippen LogP contribution is 2.18. The summed E-state index contributed by atoms with van der Waals surface area (Å²) in [6, 6.07) is 1.88. The molecule has 0 aliphatic heterocycles. The van der Waals surface area contributed by atoms with Gasteiger partial charge < -0.3 is 4.74 Å². The highest BCUT2D eigenvalue weighted by atomic mass is 16.5. The van der Waals surface area contributed by atoms with Gasteiger partial charge in [-0.15, -0.1) is 0 Å². The summed E-state index contributed by atoms with van der Waals surface area (Å²) in [5, 5.41) is 4.80. The monoisotopic (exact) mass is 205 g/mol. The van der Waals surface area contributed by atoms with Crippen LogP contribution in [0.15, 0.2) is 12.3 Å². The molecular weight excluding hydrogens is 194 g/mol. The number of carbonyl (C=O) groups is 1. The lowest BCUT2D eigenvalue weighted by molar-refractivity contribution is 0.0596. The van der Waals surface area contributed by atoms with Crippen molar-refractivity contribution in [1.29, 1.82) is 0 Å². The third-order valence-corrected chi connectivity index (χ3v) is 2.25. The Hall–Kier alpha value is -1.91. The van der Waals surface area contributed by atoms with E-state index >= 15 is 0 Å². The maximum atomic E-state index is 11.5. The number of ether oxygens (including phenoxy) is 1. The van der Waals surface area contributed by atoms with Gasteiger partial charge in [0.15, 0.2) is 5.69 Å². The molecule has 0 saturated heterocycles. The predicted molar refractivity (Wildman–Crippen MR) is 54.6 cm³/mol. The van der Waals surface area contributed by atoms with Crippen LogP contribution in [-0.4, -0.2) is 27.8 Å². The van der Waals surface area contributed by atoms with Gasteiger partial charge in [-0.05, 0) is 13.0 Å². The number of nitrogens with zero attached hydrogens (tertiary/aromatic N) is 3. The Morgan fingerprint density at radius 2 is 2.27 bits per heavy atom. The van der Waals surface area contributed by atoms with Crippen LogP contribution in [0.3, 0.4) is 0 Å². The minimum atomic E-state index is -0.434. The summed E-state index contributed by atoms with van der Waals surface area (Å²) in [6.45, 7) is 1.83. The lowest BCUT2D eigenvalue weighted by Gasteiger charge is -2.02. The first-order valence-corrected chi connectivity index (χ1v) is 4.51. The minimum absolute atomic E-state index is 0.320. The van der Waals surface area contributed by atoms with E-state index in [0.717, 1.165) is 16.6 Å². The SMILES string of the molecule is COC(=O)c1nc(C)cc2c1cnn2C. The summed E-state index contributed by atoms with van der Waals surface area (Å²) in [5.41, 5.74) is 1.97. The van der Waals surface area contributed by atoms with Crippen LogP contribution >= 0.6 is 0 Å². The zero-order chi connectivity index (χ0) is 11.0. The van der Waals surface area contributed by atoms with E-state index in [1.54, 1.807) is 10.9 Å². The molecule has 2 aromatic heterocycles. The minimum Gasteiger partial charge on any atom is -0.464 e. The van der Waals surface area contributed by atoms with Crippen LogP contribution in [0.1, 0.15) is 16.2 Å². The molecule has 0 unspecified atom stereocenters. The van der Waals surface area contributed by atoms with Crippen molar-refractivity contribution in [3.63, 3.8) is 0 Å². The van der Waals surface area contributed by atoms with Crippen molar-refractivity contribution in [2.24, 2.45) is 7.05 Å². The fourth-order valence-electron chi connectivity index (χ4n) is 1.52. The molecule has 2 aromatic rings. The second kappa shape index (κ2) is 3.34. The molecule has 0 bridgehead atoms. The Morgan fingerprint density at radius 1 is 1.53 bits per heavy atom. The van der Waals surface area contributed by atoms with Crippen LogP contribution in [0.4, 0.5) is 0 Å². The van der Waals surface area contributed by atoms with Crippen molar-refractivity contribution in [3.8, 4) is 0 Å². The topological polar surface area (TPSA) is 57.0 Å². The van der Waals surface area contributed by atoms with E-state index in [4.69, 9.17) is 0 Å². The second-order valence-corrected chi connectivity index (χ2v) is 3.30. The van der Waals surface area contributed by atoms with Gasteiger partial charge in [-0.1, -0.05) is 0 Å². The summed E-state index contributed by atoms with van der Waals surface area (Å²) in [4.78, 5) is 15.6. The van der Waals surface area contributed by atoms with Crippen LogP contribution in [-0.2, 0) is 11.8 Å². The molecule has 0 aromatic carbocycles. The average molecular weight is 205 g/mol. The molecule has 5 heteroatoms. The van der Waals surface area contributed by atoms with Gasteiger partial charge in [-0.25, -0.2) is 9.78 Å². The van der Waals surface area contributed by atoms with Gasteiger partial charge >= 0.3 is 5.97 Å².